The van der Waals surface area contributed by atoms with Gasteiger partial charge in [0.1, 0.15) is 11.4 Å². The average Bonchev–Trinajstić information content (AvgIpc) is 2.47. The second kappa shape index (κ2) is 7.17. The minimum Gasteiger partial charge on any atom is -0.462 e. The quantitative estimate of drug-likeness (QED) is 0.785. The van der Waals surface area contributed by atoms with Crippen LogP contribution in [-0.4, -0.2) is 44.7 Å². The highest BCUT2D eigenvalue weighted by molar-refractivity contribution is 6.04. The second-order valence-electron chi connectivity index (χ2n) is 5.31. The molecule has 0 spiro atoms. The third kappa shape index (κ3) is 3.71. The number of aromatic nitrogens is 1. The fraction of sp³-hybridized carbons (Fsp3) is 0.375. The lowest BCUT2D eigenvalue weighted by Crippen LogP contribution is -3.06. The van der Waals surface area contributed by atoms with Crippen molar-refractivity contribution < 1.29 is 18.8 Å². The lowest BCUT2D eigenvalue weighted by atomic mass is 10.1. The molecule has 0 amide bonds. The van der Waals surface area contributed by atoms with Gasteiger partial charge < -0.3 is 15.0 Å². The van der Waals surface area contributed by atoms with Crippen LogP contribution in [0, 0.1) is 5.82 Å². The average molecular weight is 306 g/mol. The number of likely N-dealkylation sites (N-methyl/N-ethyl adjacent to an activating group) is 1. The van der Waals surface area contributed by atoms with Gasteiger partial charge in [0.2, 0.25) is 0 Å². The number of rotatable bonds is 6. The molecule has 118 valence electrons. The molecule has 2 N–H and O–H groups in total. The van der Waals surface area contributed by atoms with E-state index in [0.29, 0.717) is 28.7 Å². The molecule has 1 aromatic heterocycles. The van der Waals surface area contributed by atoms with Crippen molar-refractivity contribution in [2.75, 3.05) is 39.1 Å². The molecular formula is C16H21FN3O2+. The topological polar surface area (TPSA) is 55.7 Å². The van der Waals surface area contributed by atoms with Crippen molar-refractivity contribution >= 4 is 22.6 Å². The molecule has 2 aromatic rings. The number of pyridine rings is 1. The van der Waals surface area contributed by atoms with Crippen LogP contribution in [0.3, 0.4) is 0 Å². The van der Waals surface area contributed by atoms with Gasteiger partial charge in [-0.25, -0.2) is 9.18 Å². The summed E-state index contributed by atoms with van der Waals surface area (Å²) in [7, 11) is 4.08. The molecule has 0 radical (unpaired) electrons. The number of anilines is 1. The van der Waals surface area contributed by atoms with Gasteiger partial charge in [-0.3, -0.25) is 4.98 Å². The third-order valence-electron chi connectivity index (χ3n) is 3.25. The summed E-state index contributed by atoms with van der Waals surface area (Å²) in [6.07, 6.45) is 1.48. The maximum atomic E-state index is 13.6. The van der Waals surface area contributed by atoms with Crippen LogP contribution < -0.4 is 10.2 Å². The van der Waals surface area contributed by atoms with Crippen LogP contribution in [0.2, 0.25) is 0 Å². The van der Waals surface area contributed by atoms with E-state index in [2.05, 4.69) is 10.3 Å². The summed E-state index contributed by atoms with van der Waals surface area (Å²) in [5.41, 5.74) is 1.53. The number of carbonyl (C=O) groups excluding carboxylic acids is 1. The summed E-state index contributed by atoms with van der Waals surface area (Å²) < 4.78 is 18.6. The van der Waals surface area contributed by atoms with Gasteiger partial charge >= 0.3 is 5.97 Å². The summed E-state index contributed by atoms with van der Waals surface area (Å²) in [6, 6.07) is 4.34. The molecule has 0 aliphatic heterocycles. The van der Waals surface area contributed by atoms with Gasteiger partial charge in [0.15, 0.2) is 0 Å². The van der Waals surface area contributed by atoms with Crippen LogP contribution >= 0.6 is 0 Å². The van der Waals surface area contributed by atoms with Crippen molar-refractivity contribution in [3.63, 3.8) is 0 Å². The van der Waals surface area contributed by atoms with Gasteiger partial charge in [0.05, 0.1) is 45.0 Å². The van der Waals surface area contributed by atoms with Gasteiger partial charge in [0, 0.05) is 11.6 Å². The molecule has 1 aromatic carbocycles. The van der Waals surface area contributed by atoms with Gasteiger partial charge in [-0.15, -0.1) is 0 Å². The molecule has 5 nitrogen and oxygen atoms in total. The van der Waals surface area contributed by atoms with Gasteiger partial charge in [-0.2, -0.15) is 0 Å². The van der Waals surface area contributed by atoms with E-state index in [0.717, 1.165) is 6.54 Å². The lowest BCUT2D eigenvalue weighted by molar-refractivity contribution is -0.856. The van der Waals surface area contributed by atoms with Crippen LogP contribution in [-0.2, 0) is 4.74 Å². The molecule has 0 unspecified atom stereocenters. The summed E-state index contributed by atoms with van der Waals surface area (Å²) >= 11 is 0. The smallest absolute Gasteiger partial charge is 0.341 e. The van der Waals surface area contributed by atoms with E-state index in [1.807, 2.05) is 14.1 Å². The zero-order chi connectivity index (χ0) is 16.1. The number of benzene rings is 1. The molecule has 0 bridgehead atoms. The minimum absolute atomic E-state index is 0.279. The molecule has 1 heterocycles. The molecule has 0 aliphatic carbocycles. The predicted molar refractivity (Wildman–Crippen MR) is 83.8 cm³/mol. The van der Waals surface area contributed by atoms with Crippen molar-refractivity contribution in [1.29, 1.82) is 0 Å². The van der Waals surface area contributed by atoms with E-state index < -0.39 is 5.97 Å². The van der Waals surface area contributed by atoms with Gasteiger partial charge in [-0.1, -0.05) is 0 Å². The first-order valence-corrected chi connectivity index (χ1v) is 7.31. The Kier molecular flexibility index (Phi) is 5.27. The Morgan fingerprint density at radius 2 is 2.18 bits per heavy atom. The maximum absolute atomic E-state index is 13.6. The molecule has 22 heavy (non-hydrogen) atoms. The summed E-state index contributed by atoms with van der Waals surface area (Å²) in [6.45, 7) is 3.54. The predicted octanol–water partition coefficient (Wildman–Crippen LogP) is 1.11. The Labute approximate surface area is 129 Å². The summed E-state index contributed by atoms with van der Waals surface area (Å²) in [4.78, 5) is 17.6. The maximum Gasteiger partial charge on any atom is 0.341 e. The molecule has 0 saturated carbocycles. The fourth-order valence-electron chi connectivity index (χ4n) is 2.16. The van der Waals surface area contributed by atoms with Crippen LogP contribution in [0.1, 0.15) is 17.3 Å². The number of carbonyl (C=O) groups is 1. The number of esters is 1. The minimum atomic E-state index is -0.458. The zero-order valence-electron chi connectivity index (χ0n) is 13.1. The molecule has 6 heteroatoms. The van der Waals surface area contributed by atoms with E-state index >= 15 is 0 Å². The normalized spacial score (nSPS) is 11.0. The molecular weight excluding hydrogens is 285 g/mol. The monoisotopic (exact) mass is 306 g/mol. The number of fused-ring (bicyclic) bond motifs is 1. The molecule has 0 aliphatic rings. The van der Waals surface area contributed by atoms with Crippen LogP contribution in [0.4, 0.5) is 10.1 Å². The Balaban J connectivity index is 2.46. The highest BCUT2D eigenvalue weighted by Gasteiger charge is 2.17. The zero-order valence-corrected chi connectivity index (χ0v) is 13.1. The number of nitrogens with one attached hydrogen (secondary N) is 2. The number of hydrogen-bond acceptors (Lipinski definition) is 4. The first kappa shape index (κ1) is 16.2. The first-order chi connectivity index (χ1) is 10.5. The highest BCUT2D eigenvalue weighted by atomic mass is 19.1. The number of ether oxygens (including phenoxy) is 1. The number of nitrogens with zero attached hydrogens (tertiary/aromatic N) is 1. The van der Waals surface area contributed by atoms with Crippen molar-refractivity contribution in [2.45, 2.75) is 6.92 Å². The standard InChI is InChI=1S/C16H20FN3O2/c1-4-22-16(21)13-10-19-14-6-5-11(17)9-12(14)15(13)18-7-8-20(2)3/h5-6,9-10H,4,7-8H2,1-3H3,(H,18,19)/p+1. The fourth-order valence-corrected chi connectivity index (χ4v) is 2.16. The lowest BCUT2D eigenvalue weighted by Gasteiger charge is -2.15. The first-order valence-electron chi connectivity index (χ1n) is 7.31. The Bertz CT molecular complexity index is 674. The van der Waals surface area contributed by atoms with E-state index in [4.69, 9.17) is 4.74 Å². The summed E-state index contributed by atoms with van der Waals surface area (Å²) in [5.74, 6) is -0.822. The van der Waals surface area contributed by atoms with Gasteiger partial charge in [-0.05, 0) is 25.1 Å². The molecule has 0 atom stereocenters. The second-order valence-corrected chi connectivity index (χ2v) is 5.31. The van der Waals surface area contributed by atoms with E-state index in [9.17, 15) is 9.18 Å². The van der Waals surface area contributed by atoms with E-state index in [-0.39, 0.29) is 12.4 Å². The molecule has 0 fully saturated rings. The van der Waals surface area contributed by atoms with Crippen molar-refractivity contribution in [3.05, 3.63) is 35.8 Å². The number of halogens is 1. The van der Waals surface area contributed by atoms with E-state index in [1.54, 1.807) is 13.0 Å². The SMILES string of the molecule is CCOC(=O)c1cnc2ccc(F)cc2c1NCC[NH+](C)C. The largest absolute Gasteiger partial charge is 0.462 e. The third-order valence-corrected chi connectivity index (χ3v) is 3.25. The van der Waals surface area contributed by atoms with Crippen molar-refractivity contribution in [2.24, 2.45) is 0 Å². The Morgan fingerprint density at radius 3 is 2.86 bits per heavy atom. The number of quaternary nitrogens is 1. The molecule has 2 rings (SSSR count). The Hall–Kier alpha value is -2.21. The number of hydrogen-bond donors (Lipinski definition) is 2. The van der Waals surface area contributed by atoms with Crippen LogP contribution in [0.15, 0.2) is 24.4 Å². The van der Waals surface area contributed by atoms with E-state index in [1.165, 1.54) is 23.2 Å². The van der Waals surface area contributed by atoms with Crippen molar-refractivity contribution in [1.82, 2.24) is 4.98 Å². The summed E-state index contributed by atoms with van der Waals surface area (Å²) in [5, 5.41) is 3.81. The van der Waals surface area contributed by atoms with Crippen LogP contribution in [0.5, 0.6) is 0 Å². The van der Waals surface area contributed by atoms with Crippen LogP contribution in [0.25, 0.3) is 10.9 Å². The van der Waals surface area contributed by atoms with Crippen molar-refractivity contribution in [3.8, 4) is 0 Å². The molecule has 0 saturated heterocycles. The highest BCUT2D eigenvalue weighted by Crippen LogP contribution is 2.27. The Morgan fingerprint density at radius 1 is 1.41 bits per heavy atom. The van der Waals surface area contributed by atoms with Gasteiger partial charge in [0.25, 0.3) is 0 Å².